The van der Waals surface area contributed by atoms with Gasteiger partial charge in [0, 0.05) is 18.4 Å². The van der Waals surface area contributed by atoms with Crippen LogP contribution in [0.1, 0.15) is 63.1 Å². The van der Waals surface area contributed by atoms with Crippen LogP contribution in [0.25, 0.3) is 0 Å². The number of phenolic OH excluding ortho intramolecular Hbond substituents is 1. The Bertz CT molecular complexity index is 909. The molecule has 32 heavy (non-hydrogen) atoms. The lowest BCUT2D eigenvalue weighted by atomic mass is 10.0. The van der Waals surface area contributed by atoms with Gasteiger partial charge < -0.3 is 23.8 Å². The third kappa shape index (κ3) is 6.74. The summed E-state index contributed by atoms with van der Waals surface area (Å²) in [6, 6.07) is 9.55. The summed E-state index contributed by atoms with van der Waals surface area (Å²) in [6.07, 6.45) is 1.40. The average molecular weight is 464 g/mol. The van der Waals surface area contributed by atoms with Gasteiger partial charge in [0.05, 0.1) is 13.2 Å². The molecule has 0 aliphatic rings. The Labute approximate surface area is 193 Å². The Morgan fingerprint density at radius 3 is 2.06 bits per heavy atom. The normalized spacial score (nSPS) is 11.8. The molecule has 0 aromatic heterocycles. The molecule has 7 heteroatoms. The number of aromatic hydroxyl groups is 1. The van der Waals surface area contributed by atoms with Crippen molar-refractivity contribution < 1.29 is 23.5 Å². The minimum atomic E-state index is -3.30. The zero-order valence-electron chi connectivity index (χ0n) is 20.5. The summed E-state index contributed by atoms with van der Waals surface area (Å²) in [5.41, 5.74) is 5.03. The standard InChI is InChI=1S/C25H38NO5P/c1-8-12-30-32(28,31-13-9-2)17-29-22-14-19(5)25(20(6)15-22)26(7)21-10-11-24(27)23(16-21)18(3)4/h10-11,14-16,18,27H,8-9,12-13,17H2,1-7H3. The number of hydrogen-bond donors (Lipinski definition) is 1. The molecule has 2 rings (SSSR count). The van der Waals surface area contributed by atoms with E-state index < -0.39 is 7.60 Å². The fourth-order valence-electron chi connectivity index (χ4n) is 3.60. The molecule has 0 radical (unpaired) electrons. The van der Waals surface area contributed by atoms with Gasteiger partial charge in [0.1, 0.15) is 11.5 Å². The van der Waals surface area contributed by atoms with Crippen LogP contribution in [-0.2, 0) is 13.6 Å². The van der Waals surface area contributed by atoms with E-state index in [2.05, 4.69) is 18.7 Å². The Balaban J connectivity index is 2.24. The van der Waals surface area contributed by atoms with Crippen molar-refractivity contribution in [3.8, 4) is 11.5 Å². The maximum atomic E-state index is 13.0. The van der Waals surface area contributed by atoms with Gasteiger partial charge in [0.25, 0.3) is 0 Å². The third-order valence-electron chi connectivity index (χ3n) is 5.19. The molecule has 0 aliphatic carbocycles. The average Bonchev–Trinajstić information content (AvgIpc) is 2.74. The van der Waals surface area contributed by atoms with E-state index in [-0.39, 0.29) is 12.3 Å². The van der Waals surface area contributed by atoms with Crippen LogP contribution in [0.5, 0.6) is 11.5 Å². The lowest BCUT2D eigenvalue weighted by Crippen LogP contribution is -2.13. The maximum Gasteiger partial charge on any atom is 0.367 e. The lowest BCUT2D eigenvalue weighted by Gasteiger charge is -2.26. The largest absolute Gasteiger partial charge is 0.508 e. The van der Waals surface area contributed by atoms with Crippen molar-refractivity contribution in [1.29, 1.82) is 0 Å². The number of phenols is 1. The first-order valence-corrected chi connectivity index (χ1v) is 13.0. The molecule has 0 heterocycles. The first-order chi connectivity index (χ1) is 15.1. The molecular formula is C25H38NO5P. The molecule has 0 fully saturated rings. The van der Waals surface area contributed by atoms with Crippen LogP contribution in [0, 0.1) is 13.8 Å². The minimum absolute atomic E-state index is 0.114. The Morgan fingerprint density at radius 2 is 1.56 bits per heavy atom. The molecular weight excluding hydrogens is 425 g/mol. The first-order valence-electron chi connectivity index (χ1n) is 11.3. The second-order valence-electron chi connectivity index (χ2n) is 8.41. The molecule has 178 valence electrons. The molecule has 0 saturated heterocycles. The van der Waals surface area contributed by atoms with E-state index in [9.17, 15) is 9.67 Å². The van der Waals surface area contributed by atoms with Crippen LogP contribution in [0.15, 0.2) is 30.3 Å². The van der Waals surface area contributed by atoms with Crippen molar-refractivity contribution in [2.45, 2.75) is 60.3 Å². The zero-order valence-corrected chi connectivity index (χ0v) is 21.4. The highest BCUT2D eigenvalue weighted by Gasteiger charge is 2.26. The van der Waals surface area contributed by atoms with Crippen molar-refractivity contribution in [3.05, 3.63) is 47.0 Å². The zero-order chi connectivity index (χ0) is 23.9. The van der Waals surface area contributed by atoms with Crippen LogP contribution in [0.4, 0.5) is 11.4 Å². The van der Waals surface area contributed by atoms with Gasteiger partial charge in [-0.1, -0.05) is 27.7 Å². The van der Waals surface area contributed by atoms with Gasteiger partial charge in [-0.15, -0.1) is 0 Å². The van der Waals surface area contributed by atoms with E-state index in [4.69, 9.17) is 13.8 Å². The summed E-state index contributed by atoms with van der Waals surface area (Å²) >= 11 is 0. The first kappa shape index (κ1) is 26.2. The van der Waals surface area contributed by atoms with Gasteiger partial charge in [-0.05, 0) is 79.6 Å². The van der Waals surface area contributed by atoms with Crippen molar-refractivity contribution in [1.82, 2.24) is 0 Å². The Hall–Kier alpha value is -2.01. The summed E-state index contributed by atoms with van der Waals surface area (Å²) < 4.78 is 29.8. The molecule has 1 N–H and O–H groups in total. The molecule has 2 aromatic carbocycles. The Morgan fingerprint density at radius 1 is 1.00 bits per heavy atom. The molecule has 0 aliphatic heterocycles. The predicted octanol–water partition coefficient (Wildman–Crippen LogP) is 7.28. The molecule has 6 nitrogen and oxygen atoms in total. The van der Waals surface area contributed by atoms with Gasteiger partial charge in [-0.2, -0.15) is 0 Å². The van der Waals surface area contributed by atoms with Gasteiger partial charge >= 0.3 is 7.60 Å². The molecule has 0 bridgehead atoms. The van der Waals surface area contributed by atoms with Gasteiger partial charge in [0.2, 0.25) is 0 Å². The van der Waals surface area contributed by atoms with Crippen LogP contribution in [-0.4, -0.2) is 31.7 Å². The smallest absolute Gasteiger partial charge is 0.367 e. The lowest BCUT2D eigenvalue weighted by molar-refractivity contribution is 0.184. The van der Waals surface area contributed by atoms with E-state index in [1.54, 1.807) is 6.07 Å². The molecule has 0 saturated carbocycles. The number of hydrogen-bond acceptors (Lipinski definition) is 6. The number of anilines is 2. The van der Waals surface area contributed by atoms with E-state index in [0.29, 0.717) is 24.7 Å². The van der Waals surface area contributed by atoms with Crippen LogP contribution >= 0.6 is 7.60 Å². The maximum absolute atomic E-state index is 13.0. The third-order valence-corrected chi connectivity index (χ3v) is 6.79. The summed E-state index contributed by atoms with van der Waals surface area (Å²) in [7, 11) is -1.29. The highest BCUT2D eigenvalue weighted by atomic mass is 31.2. The van der Waals surface area contributed by atoms with Crippen LogP contribution < -0.4 is 9.64 Å². The number of nitrogens with zero attached hydrogens (tertiary/aromatic N) is 1. The highest BCUT2D eigenvalue weighted by molar-refractivity contribution is 7.53. The van der Waals surface area contributed by atoms with E-state index in [1.807, 2.05) is 59.0 Å². The van der Waals surface area contributed by atoms with Gasteiger partial charge in [-0.25, -0.2) is 0 Å². The molecule has 0 amide bonds. The molecule has 0 unspecified atom stereocenters. The SMILES string of the molecule is CCCOP(=O)(COc1cc(C)c(N(C)c2ccc(O)c(C(C)C)c2)c(C)c1)OCCC. The van der Waals surface area contributed by atoms with E-state index in [1.165, 1.54) is 0 Å². The molecule has 0 atom stereocenters. The summed E-state index contributed by atoms with van der Waals surface area (Å²) in [5.74, 6) is 1.17. The predicted molar refractivity (Wildman–Crippen MR) is 132 cm³/mol. The van der Waals surface area contributed by atoms with Gasteiger partial charge in [0.15, 0.2) is 6.35 Å². The quantitative estimate of drug-likeness (QED) is 0.334. The summed E-state index contributed by atoms with van der Waals surface area (Å²) in [6.45, 7) is 12.8. The fourth-order valence-corrected chi connectivity index (χ4v) is 5.05. The number of aryl methyl sites for hydroxylation is 2. The summed E-state index contributed by atoms with van der Waals surface area (Å²) in [5, 5.41) is 10.2. The van der Waals surface area contributed by atoms with Gasteiger partial charge in [-0.3, -0.25) is 4.57 Å². The fraction of sp³-hybridized carbons (Fsp3) is 0.520. The number of ether oxygens (including phenoxy) is 1. The number of benzene rings is 2. The van der Waals surface area contributed by atoms with Crippen molar-refractivity contribution in [3.63, 3.8) is 0 Å². The monoisotopic (exact) mass is 463 g/mol. The minimum Gasteiger partial charge on any atom is -0.508 e. The molecule has 0 spiro atoms. The summed E-state index contributed by atoms with van der Waals surface area (Å²) in [4.78, 5) is 2.11. The van der Waals surface area contributed by atoms with Crippen LogP contribution in [0.2, 0.25) is 0 Å². The topological polar surface area (TPSA) is 68.2 Å². The second kappa shape index (κ2) is 11.7. The van der Waals surface area contributed by atoms with Crippen molar-refractivity contribution in [2.75, 3.05) is 31.5 Å². The Kier molecular flexibility index (Phi) is 9.63. The number of rotatable bonds is 12. The second-order valence-corrected chi connectivity index (χ2v) is 10.4. The molecule has 2 aromatic rings. The van der Waals surface area contributed by atoms with Crippen molar-refractivity contribution >= 4 is 19.0 Å². The van der Waals surface area contributed by atoms with E-state index >= 15 is 0 Å². The van der Waals surface area contributed by atoms with E-state index in [0.717, 1.165) is 40.9 Å². The van der Waals surface area contributed by atoms with Crippen molar-refractivity contribution in [2.24, 2.45) is 0 Å². The van der Waals surface area contributed by atoms with Crippen LogP contribution in [0.3, 0.4) is 0 Å². The highest BCUT2D eigenvalue weighted by Crippen LogP contribution is 2.48.